The monoisotopic (exact) mass is 344 g/mol. The van der Waals surface area contributed by atoms with Gasteiger partial charge in [-0.1, -0.05) is 27.5 Å². The van der Waals surface area contributed by atoms with E-state index in [1.165, 1.54) is 11.3 Å². The van der Waals surface area contributed by atoms with Crippen LogP contribution >= 0.6 is 38.9 Å². The van der Waals surface area contributed by atoms with Gasteiger partial charge in [0.05, 0.1) is 16.3 Å². The number of halogens is 2. The Morgan fingerprint density at radius 2 is 2.17 bits per heavy atom. The number of ketones is 1. The van der Waals surface area contributed by atoms with Crippen LogP contribution in [0.1, 0.15) is 15.2 Å². The fraction of sp³-hybridized carbons (Fsp3) is 0.154. The lowest BCUT2D eigenvalue weighted by atomic mass is 10.1. The van der Waals surface area contributed by atoms with Crippen molar-refractivity contribution in [3.8, 4) is 5.75 Å². The van der Waals surface area contributed by atoms with Crippen LogP contribution < -0.4 is 4.74 Å². The van der Waals surface area contributed by atoms with Crippen LogP contribution in [0.3, 0.4) is 0 Å². The molecule has 1 aromatic carbocycles. The third kappa shape index (κ3) is 3.13. The number of hydrogen-bond acceptors (Lipinski definition) is 3. The van der Waals surface area contributed by atoms with Crippen LogP contribution in [-0.4, -0.2) is 12.9 Å². The number of rotatable bonds is 4. The third-order valence-corrected chi connectivity index (χ3v) is 4.50. The molecule has 0 unspecified atom stereocenters. The fourth-order valence-electron chi connectivity index (χ4n) is 1.54. The number of Topliss-reactive ketones (excluding diaryl/α,β-unsaturated/α-hetero) is 1. The number of methoxy groups -OCH3 is 1. The number of thiophene rings is 1. The molecule has 0 aliphatic carbocycles. The van der Waals surface area contributed by atoms with E-state index in [0.717, 1.165) is 15.8 Å². The molecule has 0 spiro atoms. The smallest absolute Gasteiger partial charge is 0.177 e. The Morgan fingerprint density at radius 1 is 1.39 bits per heavy atom. The number of carbonyl (C=O) groups excluding carboxylic acids is 1. The zero-order valence-corrected chi connectivity index (χ0v) is 12.7. The first-order valence-corrected chi connectivity index (χ1v) is 7.20. The summed E-state index contributed by atoms with van der Waals surface area (Å²) in [4.78, 5) is 12.7. The van der Waals surface area contributed by atoms with Crippen molar-refractivity contribution in [2.24, 2.45) is 0 Å². The molecule has 0 N–H and O–H groups in total. The molecule has 2 rings (SSSR count). The largest absolute Gasteiger partial charge is 0.497 e. The van der Waals surface area contributed by atoms with E-state index in [4.69, 9.17) is 16.3 Å². The molecule has 1 heterocycles. The Balaban J connectivity index is 2.21. The molecule has 2 aromatic rings. The zero-order valence-electron chi connectivity index (χ0n) is 9.57. The number of hydrogen-bond donors (Lipinski definition) is 0. The molecular weight excluding hydrogens is 336 g/mol. The molecule has 0 saturated heterocycles. The van der Waals surface area contributed by atoms with E-state index in [1.54, 1.807) is 19.2 Å². The fourth-order valence-corrected chi connectivity index (χ4v) is 2.91. The molecule has 94 valence electrons. The van der Waals surface area contributed by atoms with Crippen LogP contribution in [0.4, 0.5) is 0 Å². The van der Waals surface area contributed by atoms with E-state index in [-0.39, 0.29) is 5.78 Å². The van der Waals surface area contributed by atoms with Gasteiger partial charge in [0.2, 0.25) is 0 Å². The van der Waals surface area contributed by atoms with E-state index in [9.17, 15) is 4.79 Å². The molecule has 0 fully saturated rings. The highest BCUT2D eigenvalue weighted by molar-refractivity contribution is 9.10. The van der Waals surface area contributed by atoms with E-state index >= 15 is 0 Å². The van der Waals surface area contributed by atoms with E-state index < -0.39 is 0 Å². The minimum absolute atomic E-state index is 0.0563. The van der Waals surface area contributed by atoms with Crippen molar-refractivity contribution in [3.05, 3.63) is 49.6 Å². The predicted octanol–water partition coefficient (Wildman–Crippen LogP) is 4.60. The van der Waals surface area contributed by atoms with E-state index in [0.29, 0.717) is 15.6 Å². The summed E-state index contributed by atoms with van der Waals surface area (Å²) in [6, 6.07) is 9.07. The molecular formula is C13H10BrClO2S. The van der Waals surface area contributed by atoms with E-state index in [1.807, 2.05) is 18.2 Å². The summed E-state index contributed by atoms with van der Waals surface area (Å²) in [5.74, 6) is 0.797. The maximum absolute atomic E-state index is 12.1. The van der Waals surface area contributed by atoms with Crippen molar-refractivity contribution in [3.63, 3.8) is 0 Å². The lowest BCUT2D eigenvalue weighted by molar-refractivity contribution is 0.0996. The second kappa shape index (κ2) is 5.87. The van der Waals surface area contributed by atoms with Crippen LogP contribution in [0, 0.1) is 0 Å². The van der Waals surface area contributed by atoms with Crippen LogP contribution in [0.2, 0.25) is 4.34 Å². The average Bonchev–Trinajstić information content (AvgIpc) is 2.79. The molecule has 1 aromatic heterocycles. The van der Waals surface area contributed by atoms with Crippen molar-refractivity contribution in [1.29, 1.82) is 0 Å². The lowest BCUT2D eigenvalue weighted by Crippen LogP contribution is -2.02. The normalized spacial score (nSPS) is 10.4. The van der Waals surface area contributed by atoms with Gasteiger partial charge in [-0.15, -0.1) is 11.3 Å². The van der Waals surface area contributed by atoms with Gasteiger partial charge < -0.3 is 4.74 Å². The van der Waals surface area contributed by atoms with E-state index in [2.05, 4.69) is 15.9 Å². The molecule has 0 aliphatic rings. The zero-order chi connectivity index (χ0) is 13.1. The van der Waals surface area contributed by atoms with Gasteiger partial charge >= 0.3 is 0 Å². The van der Waals surface area contributed by atoms with Gasteiger partial charge in [-0.25, -0.2) is 0 Å². The molecule has 0 radical (unpaired) electrons. The Hall–Kier alpha value is -0.840. The standard InChI is InChI=1S/C13H10BrClO2S/c1-17-9-2-3-10(14)8(6-9)7-11(16)12-4-5-13(15)18-12/h2-6H,7H2,1H3. The van der Waals surface area contributed by atoms with Crippen molar-refractivity contribution < 1.29 is 9.53 Å². The van der Waals surface area contributed by atoms with Gasteiger partial charge in [0.1, 0.15) is 5.75 Å². The Morgan fingerprint density at radius 3 is 2.78 bits per heavy atom. The van der Waals surface area contributed by atoms with Gasteiger partial charge in [-0.3, -0.25) is 4.79 Å². The van der Waals surface area contributed by atoms with Crippen molar-refractivity contribution >= 4 is 44.7 Å². The van der Waals surface area contributed by atoms with Gasteiger partial charge in [-0.05, 0) is 35.9 Å². The Kier molecular flexibility index (Phi) is 4.43. The SMILES string of the molecule is COc1ccc(Br)c(CC(=O)c2ccc(Cl)s2)c1. The summed E-state index contributed by atoms with van der Waals surface area (Å²) in [6.07, 6.45) is 0.328. The first kappa shape index (κ1) is 13.6. The minimum Gasteiger partial charge on any atom is -0.497 e. The van der Waals surface area contributed by atoms with Gasteiger partial charge in [0, 0.05) is 10.9 Å². The Labute approximate surface area is 123 Å². The summed E-state index contributed by atoms with van der Waals surface area (Å²) < 4.78 is 6.68. The summed E-state index contributed by atoms with van der Waals surface area (Å²) in [6.45, 7) is 0. The second-order valence-electron chi connectivity index (χ2n) is 3.66. The highest BCUT2D eigenvalue weighted by atomic mass is 79.9. The molecule has 0 atom stereocenters. The summed E-state index contributed by atoms with van der Waals surface area (Å²) in [5.41, 5.74) is 0.906. The van der Waals surface area contributed by atoms with Crippen molar-refractivity contribution in [2.45, 2.75) is 6.42 Å². The topological polar surface area (TPSA) is 26.3 Å². The maximum Gasteiger partial charge on any atom is 0.177 e. The molecule has 0 bridgehead atoms. The molecule has 0 saturated carbocycles. The van der Waals surface area contributed by atoms with Crippen LogP contribution in [0.15, 0.2) is 34.8 Å². The molecule has 18 heavy (non-hydrogen) atoms. The third-order valence-electron chi connectivity index (χ3n) is 2.45. The summed E-state index contributed by atoms with van der Waals surface area (Å²) >= 11 is 10.6. The average molecular weight is 346 g/mol. The van der Waals surface area contributed by atoms with Crippen LogP contribution in [0.25, 0.3) is 0 Å². The number of ether oxygens (including phenoxy) is 1. The Bertz CT molecular complexity index is 580. The van der Waals surface area contributed by atoms with Crippen LogP contribution in [-0.2, 0) is 6.42 Å². The van der Waals surface area contributed by atoms with Gasteiger partial charge in [0.25, 0.3) is 0 Å². The summed E-state index contributed by atoms with van der Waals surface area (Å²) in [5, 5.41) is 0. The second-order valence-corrected chi connectivity index (χ2v) is 6.23. The molecule has 5 heteroatoms. The molecule has 2 nitrogen and oxygen atoms in total. The number of benzene rings is 1. The first-order chi connectivity index (χ1) is 8.60. The maximum atomic E-state index is 12.1. The summed E-state index contributed by atoms with van der Waals surface area (Å²) in [7, 11) is 1.61. The highest BCUT2D eigenvalue weighted by Crippen LogP contribution is 2.26. The molecule has 0 amide bonds. The lowest BCUT2D eigenvalue weighted by Gasteiger charge is -2.06. The first-order valence-electron chi connectivity index (χ1n) is 5.21. The molecule has 0 aliphatic heterocycles. The predicted molar refractivity (Wildman–Crippen MR) is 78.1 cm³/mol. The van der Waals surface area contributed by atoms with Crippen molar-refractivity contribution in [2.75, 3.05) is 7.11 Å². The van der Waals surface area contributed by atoms with Gasteiger partial charge in [0.15, 0.2) is 5.78 Å². The minimum atomic E-state index is 0.0563. The quantitative estimate of drug-likeness (QED) is 0.757. The van der Waals surface area contributed by atoms with Crippen molar-refractivity contribution in [1.82, 2.24) is 0 Å². The number of carbonyl (C=O) groups is 1. The highest BCUT2D eigenvalue weighted by Gasteiger charge is 2.12. The van der Waals surface area contributed by atoms with Gasteiger partial charge in [-0.2, -0.15) is 0 Å². The van der Waals surface area contributed by atoms with Crippen LogP contribution in [0.5, 0.6) is 5.75 Å².